The van der Waals surface area contributed by atoms with Gasteiger partial charge in [-0.25, -0.2) is 9.78 Å². The molecule has 0 bridgehead atoms. The fourth-order valence-corrected chi connectivity index (χ4v) is 4.48. The third kappa shape index (κ3) is 3.87. The van der Waals surface area contributed by atoms with Gasteiger partial charge in [0.05, 0.1) is 5.57 Å². The van der Waals surface area contributed by atoms with Gasteiger partial charge in [0.15, 0.2) is 10.8 Å². The van der Waals surface area contributed by atoms with Gasteiger partial charge in [0.2, 0.25) is 0 Å². The number of thiazole rings is 1. The predicted molar refractivity (Wildman–Crippen MR) is 103 cm³/mol. The van der Waals surface area contributed by atoms with E-state index in [-0.39, 0.29) is 45.1 Å². The molecule has 2 aliphatic rings. The van der Waals surface area contributed by atoms with Crippen molar-refractivity contribution in [1.82, 2.24) is 15.2 Å². The van der Waals surface area contributed by atoms with E-state index in [1.54, 1.807) is 12.3 Å². The molecule has 4 N–H and O–H groups in total. The number of aromatic nitrogens is 1. The van der Waals surface area contributed by atoms with Crippen LogP contribution in [0.4, 0.5) is 5.13 Å². The number of carbonyl (C=O) groups is 3. The number of carbonyl (C=O) groups excluding carboxylic acids is 2. The lowest BCUT2D eigenvalue weighted by atomic mass is 10.1. The van der Waals surface area contributed by atoms with Crippen molar-refractivity contribution >= 4 is 64.1 Å². The van der Waals surface area contributed by atoms with E-state index < -0.39 is 23.8 Å². The first-order chi connectivity index (χ1) is 12.3. The van der Waals surface area contributed by atoms with Gasteiger partial charge in [-0.2, -0.15) is 0 Å². The van der Waals surface area contributed by atoms with Crippen LogP contribution in [0.3, 0.4) is 0 Å². The van der Waals surface area contributed by atoms with Crippen molar-refractivity contribution < 1.29 is 24.3 Å². The molecule has 1 aromatic rings. The van der Waals surface area contributed by atoms with Gasteiger partial charge in [-0.05, 0) is 6.92 Å². The monoisotopic (exact) mass is 433 g/mol. The van der Waals surface area contributed by atoms with Crippen LogP contribution in [0.25, 0.3) is 0 Å². The van der Waals surface area contributed by atoms with E-state index in [1.165, 1.54) is 30.0 Å². The number of anilines is 1. The Bertz CT molecular complexity index is 842. The molecule has 2 amide bonds. The summed E-state index contributed by atoms with van der Waals surface area (Å²) >= 11 is 2.43. The zero-order valence-corrected chi connectivity index (χ0v) is 16.6. The first-order valence-electron chi connectivity index (χ1n) is 7.39. The number of nitrogens with one attached hydrogen (secondary N) is 1. The number of nitrogens with zero attached hydrogens (tertiary/aromatic N) is 3. The van der Waals surface area contributed by atoms with Crippen LogP contribution in [0.2, 0.25) is 0 Å². The molecule has 0 spiro atoms. The Morgan fingerprint density at radius 2 is 2.19 bits per heavy atom. The number of carboxylic acids is 1. The second-order valence-corrected chi connectivity index (χ2v) is 7.80. The summed E-state index contributed by atoms with van der Waals surface area (Å²) in [5.41, 5.74) is 5.87. The first-order valence-corrected chi connectivity index (χ1v) is 9.21. The number of nitrogens with two attached hydrogens (primary N) is 1. The normalized spacial score (nSPS) is 24.1. The fraction of sp³-hybridized carbons (Fsp3) is 0.357. The lowest BCUT2D eigenvalue weighted by Crippen LogP contribution is -2.69. The zero-order chi connectivity index (χ0) is 19.0. The Labute approximate surface area is 168 Å². The number of aliphatic carboxylic acids is 1. The number of thioether (sulfide) groups is 1. The van der Waals surface area contributed by atoms with E-state index >= 15 is 0 Å². The number of amides is 2. The Morgan fingerprint density at radius 3 is 2.74 bits per heavy atom. The van der Waals surface area contributed by atoms with Gasteiger partial charge < -0.3 is 25.9 Å². The molecule has 0 aliphatic carbocycles. The van der Waals surface area contributed by atoms with Crippen LogP contribution in [-0.2, 0) is 19.2 Å². The number of nitrogen functional groups attached to an aromatic ring is 1. The molecule has 3 heterocycles. The van der Waals surface area contributed by atoms with E-state index in [9.17, 15) is 14.4 Å². The van der Waals surface area contributed by atoms with E-state index in [1.807, 2.05) is 0 Å². The van der Waals surface area contributed by atoms with Crippen molar-refractivity contribution in [2.24, 2.45) is 5.16 Å². The SMILES string of the molecule is CON=C(C(=O)NC1C(=O)N2C=C(C(=O)O)C(C)S[C@H]12)c1csc(N)n1.Cl. The van der Waals surface area contributed by atoms with E-state index in [2.05, 4.69) is 20.3 Å². The predicted octanol–water partition coefficient (Wildman–Crippen LogP) is 0.255. The lowest BCUT2D eigenvalue weighted by molar-refractivity contribution is -0.144. The summed E-state index contributed by atoms with van der Waals surface area (Å²) in [6.07, 6.45) is 1.32. The summed E-state index contributed by atoms with van der Waals surface area (Å²) in [4.78, 5) is 46.0. The van der Waals surface area contributed by atoms with Crippen LogP contribution in [0.1, 0.15) is 12.6 Å². The number of carboxylic acid groups (broad SMARTS) is 1. The first kappa shape index (κ1) is 21.0. The molecule has 0 aromatic carbocycles. The topological polar surface area (TPSA) is 147 Å². The Morgan fingerprint density at radius 1 is 1.48 bits per heavy atom. The van der Waals surface area contributed by atoms with Gasteiger partial charge in [0.25, 0.3) is 11.8 Å². The maximum Gasteiger partial charge on any atom is 0.334 e. The molecule has 2 unspecified atom stereocenters. The summed E-state index contributed by atoms with van der Waals surface area (Å²) in [6.45, 7) is 1.74. The molecule has 1 fully saturated rings. The molecule has 146 valence electrons. The number of β-lactam (4-membered cyclic amide) rings is 1. The summed E-state index contributed by atoms with van der Waals surface area (Å²) < 4.78 is 0. The standard InChI is InChI=1S/C14H15N5O5S2.ClH/c1-5-6(13(22)23)3-19-11(21)9(12(19)26-5)17-10(20)8(18-24-2)7-4-25-14(15)16-7;/h3-5,9,12H,1-2H3,(H2,15,16)(H,17,20)(H,22,23);1H/t5?,9?,12-;/m1./s1. The van der Waals surface area contributed by atoms with Gasteiger partial charge in [0.1, 0.15) is 24.2 Å². The largest absolute Gasteiger partial charge is 0.478 e. The lowest BCUT2D eigenvalue weighted by Gasteiger charge is -2.48. The average Bonchev–Trinajstić information content (AvgIpc) is 3.02. The fourth-order valence-electron chi connectivity index (χ4n) is 2.57. The third-order valence-corrected chi connectivity index (χ3v) is 5.95. The highest BCUT2D eigenvalue weighted by atomic mass is 35.5. The zero-order valence-electron chi connectivity index (χ0n) is 14.1. The summed E-state index contributed by atoms with van der Waals surface area (Å²) in [5, 5.41) is 16.6. The molecule has 2 aliphatic heterocycles. The van der Waals surface area contributed by atoms with Crippen molar-refractivity contribution in [3.8, 4) is 0 Å². The molecule has 1 saturated heterocycles. The quantitative estimate of drug-likeness (QED) is 0.340. The van der Waals surface area contributed by atoms with Gasteiger partial charge in [-0.3, -0.25) is 9.59 Å². The maximum atomic E-state index is 12.5. The molecule has 0 radical (unpaired) electrons. The molecule has 10 nitrogen and oxygen atoms in total. The Hall–Kier alpha value is -2.31. The van der Waals surface area contributed by atoms with Crippen LogP contribution >= 0.6 is 35.5 Å². The van der Waals surface area contributed by atoms with Crippen molar-refractivity contribution in [2.45, 2.75) is 23.6 Å². The highest BCUT2D eigenvalue weighted by Crippen LogP contribution is 2.40. The molecule has 13 heteroatoms. The van der Waals surface area contributed by atoms with Crippen LogP contribution in [0.15, 0.2) is 22.3 Å². The number of rotatable bonds is 5. The van der Waals surface area contributed by atoms with Gasteiger partial charge in [0, 0.05) is 16.8 Å². The van der Waals surface area contributed by atoms with Gasteiger partial charge in [-0.15, -0.1) is 35.5 Å². The molecular formula is C14H16ClN5O5S2. The van der Waals surface area contributed by atoms with Crippen LogP contribution in [0.5, 0.6) is 0 Å². The minimum absolute atomic E-state index is 0. The molecule has 0 saturated carbocycles. The number of hydrogen-bond donors (Lipinski definition) is 3. The van der Waals surface area contributed by atoms with Crippen molar-refractivity contribution in [1.29, 1.82) is 0 Å². The van der Waals surface area contributed by atoms with Gasteiger partial charge >= 0.3 is 5.97 Å². The smallest absolute Gasteiger partial charge is 0.334 e. The third-order valence-electron chi connectivity index (χ3n) is 3.84. The van der Waals surface area contributed by atoms with Crippen LogP contribution in [-0.4, -0.2) is 62.3 Å². The summed E-state index contributed by atoms with van der Waals surface area (Å²) in [5.74, 6) is -2.09. The maximum absolute atomic E-state index is 12.5. The highest BCUT2D eigenvalue weighted by molar-refractivity contribution is 8.00. The van der Waals surface area contributed by atoms with E-state index in [0.29, 0.717) is 0 Å². The highest BCUT2D eigenvalue weighted by Gasteiger charge is 2.51. The molecule has 27 heavy (non-hydrogen) atoms. The number of oxime groups is 1. The van der Waals surface area contributed by atoms with Crippen molar-refractivity contribution in [3.05, 3.63) is 22.8 Å². The number of hydrogen-bond acceptors (Lipinski definition) is 9. The van der Waals surface area contributed by atoms with E-state index in [0.717, 1.165) is 11.3 Å². The van der Waals surface area contributed by atoms with Crippen molar-refractivity contribution in [2.75, 3.05) is 12.8 Å². The Kier molecular flexibility index (Phi) is 6.34. The summed E-state index contributed by atoms with van der Waals surface area (Å²) in [6, 6.07) is -0.792. The molecular weight excluding hydrogens is 418 g/mol. The van der Waals surface area contributed by atoms with Gasteiger partial charge in [-0.1, -0.05) is 5.16 Å². The summed E-state index contributed by atoms with van der Waals surface area (Å²) in [7, 11) is 1.29. The van der Waals surface area contributed by atoms with Crippen LogP contribution < -0.4 is 11.1 Å². The average molecular weight is 434 g/mol. The second kappa shape index (κ2) is 8.15. The molecule has 3 rings (SSSR count). The van der Waals surface area contributed by atoms with Crippen LogP contribution in [0, 0.1) is 0 Å². The molecule has 3 atom stereocenters. The molecule has 1 aromatic heterocycles. The number of fused-ring (bicyclic) bond motifs is 1. The van der Waals surface area contributed by atoms with Crippen molar-refractivity contribution in [3.63, 3.8) is 0 Å². The Balaban J connectivity index is 0.00000261. The number of halogens is 1. The minimum atomic E-state index is -1.07. The minimum Gasteiger partial charge on any atom is -0.478 e. The second-order valence-electron chi connectivity index (χ2n) is 5.45. The van der Waals surface area contributed by atoms with E-state index in [4.69, 9.17) is 10.8 Å².